The van der Waals surface area contributed by atoms with Crippen LogP contribution in [0.15, 0.2) is 23.4 Å². The van der Waals surface area contributed by atoms with Crippen molar-refractivity contribution in [2.45, 2.75) is 24.2 Å². The van der Waals surface area contributed by atoms with E-state index in [1.807, 2.05) is 0 Å². The summed E-state index contributed by atoms with van der Waals surface area (Å²) in [5.41, 5.74) is 6.39. The summed E-state index contributed by atoms with van der Waals surface area (Å²) < 4.78 is 35.6. The molecule has 0 saturated heterocycles. The van der Waals surface area contributed by atoms with Crippen LogP contribution in [0, 0.1) is 0 Å². The number of alkyl halides is 3. The fourth-order valence-corrected chi connectivity index (χ4v) is 1.51. The number of thioether (sulfide) groups is 1. The van der Waals surface area contributed by atoms with Crippen molar-refractivity contribution in [3.8, 4) is 0 Å². The van der Waals surface area contributed by atoms with Crippen LogP contribution in [0.3, 0.4) is 0 Å². The number of pyridine rings is 1. The number of aromatic nitrogens is 1. The van der Waals surface area contributed by atoms with E-state index in [1.54, 1.807) is 19.1 Å². The minimum Gasteiger partial charge on any atom is -0.324 e. The lowest BCUT2D eigenvalue weighted by atomic mass is 10.2. The highest BCUT2D eigenvalue weighted by Gasteiger charge is 2.27. The van der Waals surface area contributed by atoms with Gasteiger partial charge in [0.15, 0.2) is 0 Å². The van der Waals surface area contributed by atoms with E-state index in [0.29, 0.717) is 16.8 Å². The molecule has 0 fully saturated rings. The second kappa shape index (κ2) is 4.85. The SMILES string of the molecule is CC(N)c1ccc(SCC(F)(F)F)nc1. The van der Waals surface area contributed by atoms with Gasteiger partial charge in [0, 0.05) is 12.2 Å². The lowest BCUT2D eigenvalue weighted by Gasteiger charge is -2.07. The zero-order chi connectivity index (χ0) is 11.5. The molecule has 1 atom stereocenters. The van der Waals surface area contributed by atoms with Crippen LogP contribution in [0.1, 0.15) is 18.5 Å². The van der Waals surface area contributed by atoms with E-state index in [1.165, 1.54) is 6.20 Å². The Balaban J connectivity index is 2.57. The molecule has 0 aromatic carbocycles. The van der Waals surface area contributed by atoms with Gasteiger partial charge >= 0.3 is 6.18 Å². The third kappa shape index (κ3) is 4.53. The van der Waals surface area contributed by atoms with Crippen molar-refractivity contribution in [1.29, 1.82) is 0 Å². The Morgan fingerprint density at radius 3 is 2.53 bits per heavy atom. The van der Waals surface area contributed by atoms with E-state index in [0.717, 1.165) is 5.56 Å². The topological polar surface area (TPSA) is 38.9 Å². The van der Waals surface area contributed by atoms with Crippen molar-refractivity contribution < 1.29 is 13.2 Å². The number of nitrogens with zero attached hydrogens (tertiary/aromatic N) is 1. The molecule has 1 heterocycles. The van der Waals surface area contributed by atoms with Crippen LogP contribution in [0.2, 0.25) is 0 Å². The second-order valence-corrected chi connectivity index (χ2v) is 4.12. The Labute approximate surface area is 90.1 Å². The molecule has 1 rings (SSSR count). The van der Waals surface area contributed by atoms with E-state index in [4.69, 9.17) is 5.73 Å². The summed E-state index contributed by atoms with van der Waals surface area (Å²) in [6.07, 6.45) is -2.66. The van der Waals surface area contributed by atoms with E-state index >= 15 is 0 Å². The van der Waals surface area contributed by atoms with Crippen molar-refractivity contribution in [3.05, 3.63) is 23.9 Å². The normalized spacial score (nSPS) is 13.9. The van der Waals surface area contributed by atoms with Crippen molar-refractivity contribution in [2.24, 2.45) is 5.73 Å². The molecule has 0 spiro atoms. The minimum absolute atomic E-state index is 0.154. The predicted molar refractivity (Wildman–Crippen MR) is 53.6 cm³/mol. The standard InChI is InChI=1S/C9H11F3N2S/c1-6(13)7-2-3-8(14-4-7)15-5-9(10,11)12/h2-4,6H,5,13H2,1H3. The molecule has 84 valence electrons. The third-order valence-electron chi connectivity index (χ3n) is 1.67. The van der Waals surface area contributed by atoms with Crippen LogP contribution in [0.25, 0.3) is 0 Å². The molecule has 0 radical (unpaired) electrons. The molecule has 6 heteroatoms. The summed E-state index contributed by atoms with van der Waals surface area (Å²) in [6.45, 7) is 1.79. The Kier molecular flexibility index (Phi) is 3.98. The molecule has 1 aromatic rings. The zero-order valence-electron chi connectivity index (χ0n) is 8.08. The van der Waals surface area contributed by atoms with Gasteiger partial charge in [-0.1, -0.05) is 17.8 Å². The Bertz CT molecular complexity index is 308. The van der Waals surface area contributed by atoms with Crippen LogP contribution in [-0.2, 0) is 0 Å². The number of hydrogen-bond acceptors (Lipinski definition) is 3. The van der Waals surface area contributed by atoms with Crippen LogP contribution in [-0.4, -0.2) is 16.9 Å². The summed E-state index contributed by atoms with van der Waals surface area (Å²) in [4.78, 5) is 3.89. The van der Waals surface area contributed by atoms with Gasteiger partial charge in [-0.3, -0.25) is 0 Å². The largest absolute Gasteiger partial charge is 0.398 e. The number of rotatable bonds is 3. The van der Waals surface area contributed by atoms with Gasteiger partial charge in [-0.2, -0.15) is 13.2 Å². The Morgan fingerprint density at radius 2 is 2.13 bits per heavy atom. The van der Waals surface area contributed by atoms with E-state index in [2.05, 4.69) is 4.98 Å². The van der Waals surface area contributed by atoms with E-state index < -0.39 is 11.9 Å². The first-order chi connectivity index (χ1) is 6.88. The summed E-state index contributed by atoms with van der Waals surface area (Å²) >= 11 is 0.671. The third-order valence-corrected chi connectivity index (χ3v) is 2.68. The van der Waals surface area contributed by atoms with Crippen molar-refractivity contribution in [3.63, 3.8) is 0 Å². The van der Waals surface area contributed by atoms with Crippen molar-refractivity contribution >= 4 is 11.8 Å². The predicted octanol–water partition coefficient (Wildman–Crippen LogP) is 2.76. The molecule has 0 aliphatic carbocycles. The molecule has 1 unspecified atom stereocenters. The van der Waals surface area contributed by atoms with Crippen LogP contribution in [0.5, 0.6) is 0 Å². The molecule has 0 aliphatic heterocycles. The maximum absolute atomic E-state index is 11.9. The molecule has 2 nitrogen and oxygen atoms in total. The fraction of sp³-hybridized carbons (Fsp3) is 0.444. The summed E-state index contributed by atoms with van der Waals surface area (Å²) in [7, 11) is 0. The van der Waals surface area contributed by atoms with Gasteiger partial charge in [0.2, 0.25) is 0 Å². The van der Waals surface area contributed by atoms with Crippen LogP contribution < -0.4 is 5.73 Å². The quantitative estimate of drug-likeness (QED) is 0.820. The van der Waals surface area contributed by atoms with Gasteiger partial charge in [-0.15, -0.1) is 0 Å². The monoisotopic (exact) mass is 236 g/mol. The first-order valence-corrected chi connectivity index (χ1v) is 5.28. The van der Waals surface area contributed by atoms with Gasteiger partial charge in [-0.05, 0) is 18.6 Å². The second-order valence-electron chi connectivity index (χ2n) is 3.12. The van der Waals surface area contributed by atoms with Gasteiger partial charge in [0.25, 0.3) is 0 Å². The highest BCUT2D eigenvalue weighted by Crippen LogP contribution is 2.26. The van der Waals surface area contributed by atoms with Gasteiger partial charge in [0.05, 0.1) is 10.8 Å². The molecule has 0 aliphatic rings. The maximum Gasteiger partial charge on any atom is 0.398 e. The number of nitrogens with two attached hydrogens (primary N) is 1. The van der Waals surface area contributed by atoms with Crippen LogP contribution >= 0.6 is 11.8 Å². The van der Waals surface area contributed by atoms with Gasteiger partial charge in [-0.25, -0.2) is 4.98 Å². The summed E-state index contributed by atoms with van der Waals surface area (Å²) in [5.74, 6) is -0.919. The zero-order valence-corrected chi connectivity index (χ0v) is 8.90. The van der Waals surface area contributed by atoms with Gasteiger partial charge in [0.1, 0.15) is 0 Å². The molecule has 1 aromatic heterocycles. The lowest BCUT2D eigenvalue weighted by Crippen LogP contribution is -2.11. The lowest BCUT2D eigenvalue weighted by molar-refractivity contribution is -0.105. The van der Waals surface area contributed by atoms with Crippen LogP contribution in [0.4, 0.5) is 13.2 Å². The van der Waals surface area contributed by atoms with Crippen molar-refractivity contribution in [2.75, 3.05) is 5.75 Å². The average molecular weight is 236 g/mol. The minimum atomic E-state index is -4.16. The van der Waals surface area contributed by atoms with E-state index in [-0.39, 0.29) is 6.04 Å². The highest BCUT2D eigenvalue weighted by molar-refractivity contribution is 7.99. The molecule has 15 heavy (non-hydrogen) atoms. The summed E-state index contributed by atoms with van der Waals surface area (Å²) in [6, 6.07) is 3.09. The number of halogens is 3. The first-order valence-electron chi connectivity index (χ1n) is 4.29. The molecule has 2 N–H and O–H groups in total. The maximum atomic E-state index is 11.9. The summed E-state index contributed by atoms with van der Waals surface area (Å²) in [5, 5.41) is 0.358. The van der Waals surface area contributed by atoms with Crippen molar-refractivity contribution in [1.82, 2.24) is 4.98 Å². The number of hydrogen-bond donors (Lipinski definition) is 1. The first kappa shape index (κ1) is 12.3. The van der Waals surface area contributed by atoms with Gasteiger partial charge < -0.3 is 5.73 Å². The average Bonchev–Trinajstić information content (AvgIpc) is 2.14. The molecule has 0 bridgehead atoms. The molecular weight excluding hydrogens is 225 g/mol. The highest BCUT2D eigenvalue weighted by atomic mass is 32.2. The molecule has 0 amide bonds. The van der Waals surface area contributed by atoms with E-state index in [9.17, 15) is 13.2 Å². The smallest absolute Gasteiger partial charge is 0.324 e. The Morgan fingerprint density at radius 1 is 1.47 bits per heavy atom. The fourth-order valence-electron chi connectivity index (χ4n) is 0.902. The Hall–Kier alpha value is -0.750. The molecular formula is C9H11F3N2S. The molecule has 0 saturated carbocycles.